The topological polar surface area (TPSA) is 67.6 Å². The van der Waals surface area contributed by atoms with Gasteiger partial charge < -0.3 is 14.7 Å². The van der Waals surface area contributed by atoms with Crippen LogP contribution in [0.4, 0.5) is 0 Å². The Morgan fingerprint density at radius 3 is 2.84 bits per heavy atom. The number of nitrogens with zero attached hydrogens (tertiary/aromatic N) is 3. The van der Waals surface area contributed by atoms with Crippen LogP contribution in [-0.2, 0) is 16.1 Å². The van der Waals surface area contributed by atoms with Crippen LogP contribution in [0.25, 0.3) is 0 Å². The van der Waals surface area contributed by atoms with Gasteiger partial charge in [0.25, 0.3) is 0 Å². The van der Waals surface area contributed by atoms with Crippen molar-refractivity contribution in [3.05, 3.63) is 18.5 Å². The predicted octanol–water partition coefficient (Wildman–Crippen LogP) is 0.273. The van der Waals surface area contributed by atoms with Gasteiger partial charge in [-0.2, -0.15) is 5.10 Å². The number of piperidine rings is 1. The molecule has 6 nitrogen and oxygen atoms in total. The monoisotopic (exact) mass is 267 g/mol. The van der Waals surface area contributed by atoms with E-state index in [1.54, 1.807) is 10.9 Å². The fraction of sp³-hybridized carbons (Fsp3) is 0.692. The Bertz CT molecular complexity index is 372. The second-order valence-corrected chi connectivity index (χ2v) is 4.69. The van der Waals surface area contributed by atoms with E-state index >= 15 is 0 Å². The zero-order chi connectivity index (χ0) is 13.5. The molecule has 2 heterocycles. The lowest BCUT2D eigenvalue weighted by Gasteiger charge is -2.32. The number of aromatic nitrogens is 2. The molecule has 1 aromatic rings. The normalized spacial score (nSPS) is 16.8. The van der Waals surface area contributed by atoms with Crippen molar-refractivity contribution in [3.63, 3.8) is 0 Å². The van der Waals surface area contributed by atoms with E-state index in [4.69, 9.17) is 9.84 Å². The fourth-order valence-electron chi connectivity index (χ4n) is 2.29. The van der Waals surface area contributed by atoms with Gasteiger partial charge in [-0.25, -0.2) is 0 Å². The first-order valence-electron chi connectivity index (χ1n) is 6.77. The highest BCUT2D eigenvalue weighted by Gasteiger charge is 2.22. The van der Waals surface area contributed by atoms with E-state index < -0.39 is 0 Å². The first kappa shape index (κ1) is 14.0. The molecule has 1 aliphatic rings. The number of hydrogen-bond donors (Lipinski definition) is 1. The van der Waals surface area contributed by atoms with Crippen LogP contribution in [0.15, 0.2) is 18.5 Å². The molecule has 0 unspecified atom stereocenters. The van der Waals surface area contributed by atoms with Crippen LogP contribution < -0.4 is 0 Å². The van der Waals surface area contributed by atoms with E-state index in [9.17, 15) is 4.79 Å². The van der Waals surface area contributed by atoms with E-state index in [1.807, 2.05) is 17.2 Å². The minimum absolute atomic E-state index is 0.0585. The number of aliphatic hydroxyl groups is 1. The largest absolute Gasteiger partial charge is 0.394 e. The average Bonchev–Trinajstić information content (AvgIpc) is 2.96. The molecule has 0 bridgehead atoms. The molecule has 0 atom stereocenters. The van der Waals surface area contributed by atoms with E-state index in [2.05, 4.69) is 5.10 Å². The van der Waals surface area contributed by atoms with Crippen molar-refractivity contribution < 1.29 is 14.6 Å². The Labute approximate surface area is 113 Å². The Balaban J connectivity index is 1.67. The number of amides is 1. The lowest BCUT2D eigenvalue weighted by atomic mass is 10.1. The number of likely N-dealkylation sites (tertiary alicyclic amines) is 1. The summed E-state index contributed by atoms with van der Waals surface area (Å²) in [6, 6.07) is 1.86. The Kier molecular flexibility index (Phi) is 5.35. The molecule has 1 N–H and O–H groups in total. The van der Waals surface area contributed by atoms with Gasteiger partial charge in [-0.15, -0.1) is 0 Å². The number of aliphatic hydroxyl groups excluding tert-OH is 1. The third kappa shape index (κ3) is 4.33. The molecule has 1 amide bonds. The van der Waals surface area contributed by atoms with Crippen LogP contribution in [0.5, 0.6) is 0 Å². The second kappa shape index (κ2) is 7.25. The smallest absolute Gasteiger partial charge is 0.224 e. The molecule has 0 aliphatic carbocycles. The summed E-state index contributed by atoms with van der Waals surface area (Å²) in [6.45, 7) is 2.57. The van der Waals surface area contributed by atoms with Gasteiger partial charge in [0.1, 0.15) is 0 Å². The summed E-state index contributed by atoms with van der Waals surface area (Å²) in [7, 11) is 0. The van der Waals surface area contributed by atoms with Crippen LogP contribution in [0.2, 0.25) is 0 Å². The zero-order valence-electron chi connectivity index (χ0n) is 11.1. The van der Waals surface area contributed by atoms with Crippen molar-refractivity contribution in [3.8, 4) is 0 Å². The Morgan fingerprint density at radius 2 is 2.21 bits per heavy atom. The molecule has 1 fully saturated rings. The van der Waals surface area contributed by atoms with Crippen molar-refractivity contribution in [2.75, 3.05) is 26.3 Å². The molecule has 0 saturated carbocycles. The first-order chi connectivity index (χ1) is 9.29. The maximum Gasteiger partial charge on any atom is 0.224 e. The van der Waals surface area contributed by atoms with Gasteiger partial charge in [-0.05, 0) is 18.9 Å². The molecule has 2 rings (SSSR count). The highest BCUT2D eigenvalue weighted by molar-refractivity contribution is 5.76. The van der Waals surface area contributed by atoms with Gasteiger partial charge in [-0.3, -0.25) is 9.48 Å². The first-order valence-corrected chi connectivity index (χ1v) is 6.77. The zero-order valence-corrected chi connectivity index (χ0v) is 11.1. The van der Waals surface area contributed by atoms with Gasteiger partial charge in [-0.1, -0.05) is 0 Å². The molecule has 1 aromatic heterocycles. The van der Waals surface area contributed by atoms with Gasteiger partial charge in [0.2, 0.25) is 5.91 Å². The highest BCUT2D eigenvalue weighted by atomic mass is 16.5. The van der Waals surface area contributed by atoms with E-state index in [1.165, 1.54) is 0 Å². The van der Waals surface area contributed by atoms with Crippen LogP contribution in [0.3, 0.4) is 0 Å². The summed E-state index contributed by atoms with van der Waals surface area (Å²) in [5.74, 6) is 0.177. The summed E-state index contributed by atoms with van der Waals surface area (Å²) < 4.78 is 7.25. The lowest BCUT2D eigenvalue weighted by molar-refractivity contribution is -0.134. The molecule has 19 heavy (non-hydrogen) atoms. The van der Waals surface area contributed by atoms with Crippen LogP contribution in [-0.4, -0.2) is 58.1 Å². The number of aryl methyl sites for hydroxylation is 1. The summed E-state index contributed by atoms with van der Waals surface area (Å²) >= 11 is 0. The molecule has 6 heteroatoms. The maximum atomic E-state index is 12.0. The maximum absolute atomic E-state index is 12.0. The molecule has 0 radical (unpaired) electrons. The number of carbonyl (C=O) groups is 1. The van der Waals surface area contributed by atoms with Crippen molar-refractivity contribution in [2.24, 2.45) is 0 Å². The Hall–Kier alpha value is -1.40. The molecule has 106 valence electrons. The van der Waals surface area contributed by atoms with Crippen LogP contribution in [0.1, 0.15) is 19.3 Å². The highest BCUT2D eigenvalue weighted by Crippen LogP contribution is 2.14. The summed E-state index contributed by atoms with van der Waals surface area (Å²) in [5.41, 5.74) is 0. The van der Waals surface area contributed by atoms with Gasteiger partial charge >= 0.3 is 0 Å². The SMILES string of the molecule is O=C(CCn1cccn1)N1CCC(OCCO)CC1. The van der Waals surface area contributed by atoms with E-state index in [0.717, 1.165) is 25.9 Å². The quantitative estimate of drug-likeness (QED) is 0.803. The van der Waals surface area contributed by atoms with Crippen LogP contribution in [0, 0.1) is 0 Å². The number of hydrogen-bond acceptors (Lipinski definition) is 4. The molecular formula is C13H21N3O3. The van der Waals surface area contributed by atoms with Gasteiger partial charge in [0, 0.05) is 38.4 Å². The number of carbonyl (C=O) groups excluding carboxylic acids is 1. The predicted molar refractivity (Wildman–Crippen MR) is 69.5 cm³/mol. The summed E-state index contributed by atoms with van der Waals surface area (Å²) in [6.07, 6.45) is 5.96. The molecule has 0 spiro atoms. The molecule has 1 aliphatic heterocycles. The second-order valence-electron chi connectivity index (χ2n) is 4.69. The minimum atomic E-state index is 0.0585. The van der Waals surface area contributed by atoms with Gasteiger partial charge in [0.15, 0.2) is 0 Å². The minimum Gasteiger partial charge on any atom is -0.394 e. The van der Waals surface area contributed by atoms with Crippen LogP contribution >= 0.6 is 0 Å². The van der Waals surface area contributed by atoms with Crippen molar-refractivity contribution in [1.29, 1.82) is 0 Å². The molecular weight excluding hydrogens is 246 g/mol. The van der Waals surface area contributed by atoms with Crippen molar-refractivity contribution >= 4 is 5.91 Å². The summed E-state index contributed by atoms with van der Waals surface area (Å²) in [4.78, 5) is 13.9. The third-order valence-corrected chi connectivity index (χ3v) is 3.35. The fourth-order valence-corrected chi connectivity index (χ4v) is 2.29. The average molecular weight is 267 g/mol. The van der Waals surface area contributed by atoms with E-state index in [0.29, 0.717) is 19.6 Å². The van der Waals surface area contributed by atoms with E-state index in [-0.39, 0.29) is 18.6 Å². The summed E-state index contributed by atoms with van der Waals surface area (Å²) in [5, 5.41) is 12.8. The third-order valence-electron chi connectivity index (χ3n) is 3.35. The molecule has 0 aromatic carbocycles. The van der Waals surface area contributed by atoms with Gasteiger partial charge in [0.05, 0.1) is 19.3 Å². The Morgan fingerprint density at radius 1 is 1.42 bits per heavy atom. The number of ether oxygens (including phenoxy) is 1. The lowest BCUT2D eigenvalue weighted by Crippen LogP contribution is -2.41. The standard InChI is InChI=1S/C13H21N3O3/c17-10-11-19-12-2-7-15(8-3-12)13(18)4-9-16-6-1-5-14-16/h1,5-6,12,17H,2-4,7-11H2. The molecule has 1 saturated heterocycles. The van der Waals surface area contributed by atoms with Crippen molar-refractivity contribution in [1.82, 2.24) is 14.7 Å². The number of rotatable bonds is 6. The van der Waals surface area contributed by atoms with Crippen molar-refractivity contribution in [2.45, 2.75) is 31.9 Å².